The molecule has 1 saturated heterocycles. The largest absolute Gasteiger partial charge is 0.294 e. The maximum Gasteiger partial charge on any atom is 0.270 e. The summed E-state index contributed by atoms with van der Waals surface area (Å²) in [6, 6.07) is 6.27. The van der Waals surface area contributed by atoms with Gasteiger partial charge in [-0.2, -0.15) is 5.10 Å². The smallest absolute Gasteiger partial charge is 0.270 e. The van der Waals surface area contributed by atoms with Gasteiger partial charge in [0.25, 0.3) is 11.6 Å². The Morgan fingerprint density at radius 3 is 2.91 bits per heavy atom. The number of hydrazone groups is 1. The van der Waals surface area contributed by atoms with Crippen molar-refractivity contribution in [3.05, 3.63) is 46.0 Å². The van der Waals surface area contributed by atoms with Crippen molar-refractivity contribution in [2.75, 3.05) is 19.6 Å². The molecule has 0 radical (unpaired) electrons. The minimum Gasteiger partial charge on any atom is -0.294 e. The van der Waals surface area contributed by atoms with Crippen LogP contribution in [0.4, 0.5) is 5.69 Å². The van der Waals surface area contributed by atoms with E-state index in [0.717, 1.165) is 25.9 Å². The molecule has 1 aromatic carbocycles. The molecule has 0 unspecified atom stereocenters. The number of allylic oxidation sites excluding steroid dienone is 1. The van der Waals surface area contributed by atoms with Crippen LogP contribution in [0.3, 0.4) is 0 Å². The van der Waals surface area contributed by atoms with Gasteiger partial charge in [-0.25, -0.2) is 5.43 Å². The van der Waals surface area contributed by atoms with Gasteiger partial charge in [0.1, 0.15) is 0 Å². The predicted octanol–water partition coefficient (Wildman–Crippen LogP) is 1.81. The van der Waals surface area contributed by atoms with Gasteiger partial charge in [0.15, 0.2) is 0 Å². The van der Waals surface area contributed by atoms with E-state index in [1.807, 2.05) is 0 Å². The molecule has 7 heteroatoms. The molecule has 1 heterocycles. The highest BCUT2D eigenvalue weighted by molar-refractivity contribution is 5.82. The second kappa shape index (κ2) is 8.04. The number of nitro groups is 1. The molecule has 1 aromatic rings. The minimum absolute atomic E-state index is 0.0398. The summed E-state index contributed by atoms with van der Waals surface area (Å²) in [6.45, 7) is 2.29. The van der Waals surface area contributed by atoms with Gasteiger partial charge < -0.3 is 0 Å². The van der Waals surface area contributed by atoms with Crippen molar-refractivity contribution in [2.24, 2.45) is 5.10 Å². The van der Waals surface area contributed by atoms with E-state index >= 15 is 0 Å². The number of non-ortho nitro benzene ring substituents is 1. The molecule has 0 saturated carbocycles. The van der Waals surface area contributed by atoms with Gasteiger partial charge >= 0.3 is 0 Å². The first kappa shape index (κ1) is 15.8. The van der Waals surface area contributed by atoms with Crippen molar-refractivity contribution in [3.63, 3.8) is 0 Å². The summed E-state index contributed by atoms with van der Waals surface area (Å²) in [6.07, 6.45) is 7.03. The zero-order chi connectivity index (χ0) is 15.8. The summed E-state index contributed by atoms with van der Waals surface area (Å²) in [5.74, 6) is -0.137. The lowest BCUT2D eigenvalue weighted by Crippen LogP contribution is -2.33. The van der Waals surface area contributed by atoms with Gasteiger partial charge in [-0.3, -0.25) is 19.8 Å². The van der Waals surface area contributed by atoms with Crippen LogP contribution in [-0.2, 0) is 4.79 Å². The Morgan fingerprint density at radius 2 is 2.18 bits per heavy atom. The number of carbonyl (C=O) groups is 1. The topological polar surface area (TPSA) is 87.8 Å². The highest BCUT2D eigenvalue weighted by Gasteiger charge is 2.14. The normalized spacial score (nSPS) is 15.6. The van der Waals surface area contributed by atoms with Gasteiger partial charge in [0.05, 0.1) is 11.5 Å². The van der Waals surface area contributed by atoms with E-state index in [9.17, 15) is 14.9 Å². The number of nitrogens with one attached hydrogen (secondary N) is 1. The average molecular weight is 302 g/mol. The Labute approximate surface area is 128 Å². The monoisotopic (exact) mass is 302 g/mol. The Kier molecular flexibility index (Phi) is 5.79. The SMILES string of the molecule is O=C(CN1CCCC1)NN=CC=Cc1cccc([N+](=O)[O-])c1. The standard InChI is InChI=1S/C15H18N4O3/c20-15(12-18-9-1-2-10-18)17-16-8-4-6-13-5-3-7-14(11-13)19(21)22/h3-8,11H,1-2,9-10,12H2,(H,17,20). The summed E-state index contributed by atoms with van der Waals surface area (Å²) in [5, 5.41) is 14.5. The van der Waals surface area contributed by atoms with Gasteiger partial charge in [0.2, 0.25) is 0 Å². The number of hydrogen-bond donors (Lipinski definition) is 1. The first-order chi connectivity index (χ1) is 10.6. The van der Waals surface area contributed by atoms with E-state index in [2.05, 4.69) is 15.4 Å². The number of hydrogen-bond acceptors (Lipinski definition) is 5. The molecule has 0 spiro atoms. The van der Waals surface area contributed by atoms with Crippen LogP contribution in [0, 0.1) is 10.1 Å². The first-order valence-electron chi connectivity index (χ1n) is 7.10. The summed E-state index contributed by atoms with van der Waals surface area (Å²) >= 11 is 0. The zero-order valence-corrected chi connectivity index (χ0v) is 12.1. The zero-order valence-electron chi connectivity index (χ0n) is 12.1. The predicted molar refractivity (Wildman–Crippen MR) is 84.4 cm³/mol. The highest BCUT2D eigenvalue weighted by Crippen LogP contribution is 2.13. The average Bonchev–Trinajstić information content (AvgIpc) is 3.00. The molecular formula is C15H18N4O3. The molecule has 0 atom stereocenters. The Bertz CT molecular complexity index is 592. The van der Waals surface area contributed by atoms with Crippen molar-refractivity contribution < 1.29 is 9.72 Å². The number of likely N-dealkylation sites (tertiary alicyclic amines) is 1. The van der Waals surface area contributed by atoms with Crippen molar-refractivity contribution in [3.8, 4) is 0 Å². The molecule has 2 rings (SSSR count). The van der Waals surface area contributed by atoms with E-state index in [1.165, 1.54) is 18.3 Å². The lowest BCUT2D eigenvalue weighted by Gasteiger charge is -2.11. The van der Waals surface area contributed by atoms with E-state index in [4.69, 9.17) is 0 Å². The van der Waals surface area contributed by atoms with Crippen LogP contribution in [0.1, 0.15) is 18.4 Å². The van der Waals surface area contributed by atoms with E-state index in [-0.39, 0.29) is 11.6 Å². The summed E-state index contributed by atoms with van der Waals surface area (Å²) in [7, 11) is 0. The third-order valence-corrected chi connectivity index (χ3v) is 3.29. The first-order valence-corrected chi connectivity index (χ1v) is 7.10. The van der Waals surface area contributed by atoms with Crippen LogP contribution in [-0.4, -0.2) is 41.6 Å². The Balaban J connectivity index is 1.77. The molecule has 0 aliphatic carbocycles. The molecule has 1 N–H and O–H groups in total. The van der Waals surface area contributed by atoms with Crippen molar-refractivity contribution >= 4 is 23.9 Å². The molecule has 7 nitrogen and oxygen atoms in total. The van der Waals surface area contributed by atoms with E-state index in [0.29, 0.717) is 12.1 Å². The molecule has 116 valence electrons. The Hall–Kier alpha value is -2.54. The van der Waals surface area contributed by atoms with E-state index < -0.39 is 4.92 Å². The van der Waals surface area contributed by atoms with Crippen molar-refractivity contribution in [1.82, 2.24) is 10.3 Å². The molecule has 0 aromatic heterocycles. The van der Waals surface area contributed by atoms with Crippen LogP contribution in [0.15, 0.2) is 35.4 Å². The lowest BCUT2D eigenvalue weighted by atomic mass is 10.2. The summed E-state index contributed by atoms with van der Waals surface area (Å²) in [5.41, 5.74) is 3.19. The molecule has 1 fully saturated rings. The number of carbonyl (C=O) groups excluding carboxylic acids is 1. The summed E-state index contributed by atoms with van der Waals surface area (Å²) in [4.78, 5) is 23.9. The molecule has 1 aliphatic heterocycles. The second-order valence-corrected chi connectivity index (χ2v) is 5.01. The fourth-order valence-corrected chi connectivity index (χ4v) is 2.23. The Morgan fingerprint density at radius 1 is 1.41 bits per heavy atom. The van der Waals surface area contributed by atoms with Crippen LogP contribution in [0.2, 0.25) is 0 Å². The van der Waals surface area contributed by atoms with Crippen LogP contribution < -0.4 is 5.43 Å². The molecule has 1 amide bonds. The third-order valence-electron chi connectivity index (χ3n) is 3.29. The number of benzene rings is 1. The molecule has 22 heavy (non-hydrogen) atoms. The number of amides is 1. The van der Waals surface area contributed by atoms with Gasteiger partial charge in [-0.05, 0) is 37.6 Å². The lowest BCUT2D eigenvalue weighted by molar-refractivity contribution is -0.384. The van der Waals surface area contributed by atoms with Gasteiger partial charge in [-0.1, -0.05) is 18.2 Å². The number of nitro benzene ring substituents is 1. The number of rotatable bonds is 6. The third kappa shape index (κ3) is 5.10. The quantitative estimate of drug-likeness (QED) is 0.493. The summed E-state index contributed by atoms with van der Waals surface area (Å²) < 4.78 is 0. The van der Waals surface area contributed by atoms with Crippen LogP contribution in [0.5, 0.6) is 0 Å². The van der Waals surface area contributed by atoms with Crippen molar-refractivity contribution in [1.29, 1.82) is 0 Å². The maximum absolute atomic E-state index is 11.6. The van der Waals surface area contributed by atoms with Crippen LogP contribution in [0.25, 0.3) is 6.08 Å². The van der Waals surface area contributed by atoms with Gasteiger partial charge in [0, 0.05) is 18.3 Å². The molecule has 0 bridgehead atoms. The highest BCUT2D eigenvalue weighted by atomic mass is 16.6. The van der Waals surface area contributed by atoms with Gasteiger partial charge in [-0.15, -0.1) is 0 Å². The molecular weight excluding hydrogens is 284 g/mol. The fourth-order valence-electron chi connectivity index (χ4n) is 2.23. The molecule has 1 aliphatic rings. The van der Waals surface area contributed by atoms with E-state index in [1.54, 1.807) is 24.3 Å². The maximum atomic E-state index is 11.6. The fraction of sp³-hybridized carbons (Fsp3) is 0.333. The second-order valence-electron chi connectivity index (χ2n) is 5.01. The number of nitrogens with zero attached hydrogens (tertiary/aromatic N) is 3. The van der Waals surface area contributed by atoms with Crippen LogP contribution >= 0.6 is 0 Å². The van der Waals surface area contributed by atoms with Crippen molar-refractivity contribution in [2.45, 2.75) is 12.8 Å². The minimum atomic E-state index is -0.440.